The second kappa shape index (κ2) is 4.18. The van der Waals surface area contributed by atoms with Crippen molar-refractivity contribution in [2.24, 2.45) is 0 Å². The minimum atomic E-state index is -0.352. The van der Waals surface area contributed by atoms with Gasteiger partial charge in [0, 0.05) is 11.3 Å². The molecule has 2 aliphatic heterocycles. The zero-order valence-corrected chi connectivity index (χ0v) is 12.4. The molecular weight excluding hydrogens is 231 g/mol. The summed E-state index contributed by atoms with van der Waals surface area (Å²) in [5.41, 5.74) is 2.46. The maximum Gasteiger partial charge on any atom is 0.163 e. The highest BCUT2D eigenvalue weighted by Crippen LogP contribution is 2.65. The van der Waals surface area contributed by atoms with Crippen molar-refractivity contribution in [2.45, 2.75) is 88.4 Å². The highest BCUT2D eigenvalue weighted by molar-refractivity contribution is 7.60. The van der Waals surface area contributed by atoms with Crippen LogP contribution < -0.4 is 0 Å². The van der Waals surface area contributed by atoms with Gasteiger partial charge in [0.05, 0.1) is 12.2 Å². The lowest BCUT2D eigenvalue weighted by Crippen LogP contribution is -2.27. The van der Waals surface area contributed by atoms with Crippen molar-refractivity contribution in [3.8, 4) is 0 Å². The van der Waals surface area contributed by atoms with Crippen molar-refractivity contribution in [2.75, 3.05) is 0 Å². The molecule has 0 bridgehead atoms. The highest BCUT2D eigenvalue weighted by atomic mass is 31.1. The second-order valence-corrected chi connectivity index (χ2v) is 9.69. The van der Waals surface area contributed by atoms with E-state index in [0.29, 0.717) is 12.2 Å². The number of hydrogen-bond donors (Lipinski definition) is 0. The van der Waals surface area contributed by atoms with Crippen LogP contribution in [0.2, 0.25) is 0 Å². The van der Waals surface area contributed by atoms with Crippen LogP contribution in [0.5, 0.6) is 0 Å². The lowest BCUT2D eigenvalue weighted by Gasteiger charge is -2.31. The van der Waals surface area contributed by atoms with Crippen LogP contribution in [0.1, 0.15) is 53.4 Å². The Bertz CT molecular complexity index is 279. The summed E-state index contributed by atoms with van der Waals surface area (Å²) in [5, 5.41) is 0. The van der Waals surface area contributed by atoms with Gasteiger partial charge in [-0.2, -0.15) is 0 Å². The Labute approximate surface area is 106 Å². The molecule has 0 aromatic rings. The SMILES string of the molecule is C[C@H]1C2OC(C)(C)O[C@@H]2[C@H](C)P1C1CCCC1. The van der Waals surface area contributed by atoms with Gasteiger partial charge in [0.25, 0.3) is 0 Å². The molecule has 0 aromatic heterocycles. The van der Waals surface area contributed by atoms with Gasteiger partial charge in [-0.05, 0) is 32.3 Å². The van der Waals surface area contributed by atoms with Crippen LogP contribution in [0.4, 0.5) is 0 Å². The summed E-state index contributed by atoms with van der Waals surface area (Å²) < 4.78 is 12.3. The molecule has 5 atom stereocenters. The van der Waals surface area contributed by atoms with Gasteiger partial charge in [-0.25, -0.2) is 0 Å². The first-order chi connectivity index (χ1) is 7.99. The third-order valence-electron chi connectivity index (χ3n) is 4.80. The van der Waals surface area contributed by atoms with Crippen molar-refractivity contribution in [3.05, 3.63) is 0 Å². The Kier molecular flexibility index (Phi) is 3.05. The molecule has 0 N–H and O–H groups in total. The molecule has 3 heteroatoms. The van der Waals surface area contributed by atoms with Gasteiger partial charge in [0.1, 0.15) is 0 Å². The van der Waals surface area contributed by atoms with Crippen molar-refractivity contribution in [3.63, 3.8) is 0 Å². The lowest BCUT2D eigenvalue weighted by atomic mass is 10.1. The molecule has 98 valence electrons. The van der Waals surface area contributed by atoms with Crippen LogP contribution in [-0.2, 0) is 9.47 Å². The molecule has 1 aliphatic carbocycles. The van der Waals surface area contributed by atoms with Crippen molar-refractivity contribution in [1.29, 1.82) is 0 Å². The zero-order chi connectivity index (χ0) is 12.2. The quantitative estimate of drug-likeness (QED) is 0.666. The first-order valence-electron chi connectivity index (χ1n) is 7.13. The van der Waals surface area contributed by atoms with Crippen molar-refractivity contribution in [1.82, 2.24) is 0 Å². The van der Waals surface area contributed by atoms with Gasteiger partial charge in [-0.15, -0.1) is 0 Å². The Balaban J connectivity index is 1.78. The zero-order valence-electron chi connectivity index (χ0n) is 11.5. The van der Waals surface area contributed by atoms with E-state index in [0.717, 1.165) is 17.0 Å². The monoisotopic (exact) mass is 256 g/mol. The number of fused-ring (bicyclic) bond motifs is 1. The van der Waals surface area contributed by atoms with Gasteiger partial charge in [0.15, 0.2) is 5.79 Å². The van der Waals surface area contributed by atoms with Crippen LogP contribution in [-0.4, -0.2) is 35.0 Å². The number of ether oxygens (including phenoxy) is 2. The molecular formula is C14H25O2P. The summed E-state index contributed by atoms with van der Waals surface area (Å²) >= 11 is 0. The Morgan fingerprint density at radius 3 is 1.88 bits per heavy atom. The number of rotatable bonds is 1. The van der Waals surface area contributed by atoms with Crippen LogP contribution in [0.15, 0.2) is 0 Å². The molecule has 0 radical (unpaired) electrons. The molecule has 2 heterocycles. The van der Waals surface area contributed by atoms with Crippen molar-refractivity contribution < 1.29 is 9.47 Å². The topological polar surface area (TPSA) is 18.5 Å². The van der Waals surface area contributed by atoms with Gasteiger partial charge in [-0.3, -0.25) is 0 Å². The minimum absolute atomic E-state index is 0.107. The summed E-state index contributed by atoms with van der Waals surface area (Å²) in [7, 11) is 0.107. The summed E-state index contributed by atoms with van der Waals surface area (Å²) in [4.78, 5) is 0. The third-order valence-corrected chi connectivity index (χ3v) is 8.63. The molecule has 3 fully saturated rings. The third kappa shape index (κ3) is 1.97. The predicted molar refractivity (Wildman–Crippen MR) is 71.9 cm³/mol. The van der Waals surface area contributed by atoms with Gasteiger partial charge in [-0.1, -0.05) is 34.6 Å². The molecule has 3 rings (SSSR count). The predicted octanol–water partition coefficient (Wildman–Crippen LogP) is 3.72. The molecule has 2 nitrogen and oxygen atoms in total. The second-order valence-electron chi connectivity index (χ2n) is 6.43. The van der Waals surface area contributed by atoms with Crippen LogP contribution in [0, 0.1) is 0 Å². The number of hydrogen-bond acceptors (Lipinski definition) is 2. The van der Waals surface area contributed by atoms with Crippen molar-refractivity contribution >= 4 is 7.92 Å². The fraction of sp³-hybridized carbons (Fsp3) is 1.00. The van der Waals surface area contributed by atoms with E-state index in [4.69, 9.17) is 9.47 Å². The Morgan fingerprint density at radius 1 is 0.941 bits per heavy atom. The molecule has 0 amide bonds. The largest absolute Gasteiger partial charge is 0.344 e. The molecule has 0 spiro atoms. The first kappa shape index (κ1) is 12.4. The Hall–Kier alpha value is 0.350. The normalized spacial score (nSPS) is 49.8. The standard InChI is InChI=1S/C14H25O2P/c1-9-12-13(16-14(3,4)15-12)10(2)17(9)11-7-5-6-8-11/h9-13H,5-8H2,1-4H3/t9-,10-,12+,13?,17?/m0/s1. The van der Waals surface area contributed by atoms with E-state index in [9.17, 15) is 0 Å². The fourth-order valence-corrected chi connectivity index (χ4v) is 8.31. The van der Waals surface area contributed by atoms with E-state index < -0.39 is 0 Å². The lowest BCUT2D eigenvalue weighted by molar-refractivity contribution is -0.147. The maximum atomic E-state index is 6.14. The van der Waals surface area contributed by atoms with E-state index in [2.05, 4.69) is 27.7 Å². The van der Waals surface area contributed by atoms with Crippen LogP contribution in [0.25, 0.3) is 0 Å². The van der Waals surface area contributed by atoms with E-state index in [-0.39, 0.29) is 13.7 Å². The summed E-state index contributed by atoms with van der Waals surface area (Å²) in [6, 6.07) is 0. The molecule has 2 saturated heterocycles. The molecule has 2 unspecified atom stereocenters. The average molecular weight is 256 g/mol. The van der Waals surface area contributed by atoms with Gasteiger partial charge in [0.2, 0.25) is 0 Å². The fourth-order valence-electron chi connectivity index (χ4n) is 4.14. The van der Waals surface area contributed by atoms with E-state index >= 15 is 0 Å². The summed E-state index contributed by atoms with van der Waals surface area (Å²) in [6.45, 7) is 8.94. The van der Waals surface area contributed by atoms with E-state index in [1.807, 2.05) is 0 Å². The first-order valence-corrected chi connectivity index (χ1v) is 8.67. The molecule has 3 aliphatic rings. The van der Waals surface area contributed by atoms with Gasteiger partial charge >= 0.3 is 0 Å². The smallest absolute Gasteiger partial charge is 0.163 e. The summed E-state index contributed by atoms with van der Waals surface area (Å²) in [5.74, 6) is -0.352. The average Bonchev–Trinajstić information content (AvgIpc) is 2.88. The maximum absolute atomic E-state index is 6.14. The Morgan fingerprint density at radius 2 is 1.41 bits per heavy atom. The van der Waals surface area contributed by atoms with Gasteiger partial charge < -0.3 is 9.47 Å². The summed E-state index contributed by atoms with van der Waals surface area (Å²) in [6.07, 6.45) is 6.56. The molecule has 17 heavy (non-hydrogen) atoms. The van der Waals surface area contributed by atoms with E-state index in [1.54, 1.807) is 0 Å². The molecule has 0 aromatic carbocycles. The minimum Gasteiger partial charge on any atom is -0.344 e. The highest BCUT2D eigenvalue weighted by Gasteiger charge is 2.56. The van der Waals surface area contributed by atoms with Crippen LogP contribution >= 0.6 is 7.92 Å². The molecule has 1 saturated carbocycles. The van der Waals surface area contributed by atoms with E-state index in [1.165, 1.54) is 25.7 Å². The van der Waals surface area contributed by atoms with Crippen LogP contribution in [0.3, 0.4) is 0 Å².